The molecule has 3 aromatic rings. The van der Waals surface area contributed by atoms with Crippen LogP contribution in [0.1, 0.15) is 12.0 Å². The van der Waals surface area contributed by atoms with E-state index in [-0.39, 0.29) is 11.4 Å². The Morgan fingerprint density at radius 2 is 2.12 bits per heavy atom. The second-order valence-electron chi connectivity index (χ2n) is 7.06. The largest absolute Gasteiger partial charge is 0.490 e. The predicted octanol–water partition coefficient (Wildman–Crippen LogP) is 5.35. The molecule has 1 unspecified atom stereocenters. The maximum Gasteiger partial charge on any atom is 0.320 e. The highest BCUT2D eigenvalue weighted by Gasteiger charge is 2.21. The van der Waals surface area contributed by atoms with Gasteiger partial charge in [0.25, 0.3) is 0 Å². The molecule has 0 saturated heterocycles. The first-order valence-electron chi connectivity index (χ1n) is 10.3. The molecule has 0 saturated carbocycles. The Morgan fingerprint density at radius 1 is 1.27 bits per heavy atom. The highest BCUT2D eigenvalue weighted by atomic mass is 32.2. The summed E-state index contributed by atoms with van der Waals surface area (Å²) < 4.78 is 11.8. The van der Waals surface area contributed by atoms with Crippen molar-refractivity contribution in [1.29, 1.82) is 5.26 Å². The number of hydrogen-bond acceptors (Lipinski definition) is 7. The van der Waals surface area contributed by atoms with E-state index in [0.717, 1.165) is 32.1 Å². The quantitative estimate of drug-likeness (QED) is 0.421. The van der Waals surface area contributed by atoms with E-state index in [1.54, 1.807) is 42.9 Å². The van der Waals surface area contributed by atoms with Gasteiger partial charge in [-0.15, -0.1) is 0 Å². The molecule has 1 aliphatic heterocycles. The number of amides is 2. The van der Waals surface area contributed by atoms with Crippen molar-refractivity contribution in [3.05, 3.63) is 70.6 Å². The van der Waals surface area contributed by atoms with Gasteiger partial charge in [-0.3, -0.25) is 4.98 Å². The van der Waals surface area contributed by atoms with Crippen LogP contribution in [0, 0.1) is 11.3 Å². The summed E-state index contributed by atoms with van der Waals surface area (Å²) in [6, 6.07) is 16.9. The van der Waals surface area contributed by atoms with Crippen molar-refractivity contribution in [2.75, 3.05) is 25.6 Å². The van der Waals surface area contributed by atoms with Crippen molar-refractivity contribution in [3.63, 3.8) is 0 Å². The molecule has 2 heterocycles. The third-order valence-electron chi connectivity index (χ3n) is 4.76. The lowest BCUT2D eigenvalue weighted by Gasteiger charge is -2.14. The standard InChI is InChI=1S/C24H22N4O3S2/c1-30-11-12-31-20-14-19-18(13-16(20)15-25)21(9-10-26-19)32-23-8-7-22(33-23)28-24(29)27-17-5-3-2-4-6-17/h2-6,8-10,13-14,22H,7,11-12H2,1H3,(H2,27,28,29). The van der Waals surface area contributed by atoms with E-state index in [1.807, 2.05) is 42.5 Å². The molecule has 0 fully saturated rings. The van der Waals surface area contributed by atoms with Crippen LogP contribution in [0.25, 0.3) is 10.9 Å². The molecule has 2 N–H and O–H groups in total. The molecule has 0 bridgehead atoms. The summed E-state index contributed by atoms with van der Waals surface area (Å²) in [5, 5.41) is 16.3. The maximum atomic E-state index is 12.3. The van der Waals surface area contributed by atoms with Gasteiger partial charge >= 0.3 is 6.03 Å². The third-order valence-corrected chi connectivity index (χ3v) is 7.24. The van der Waals surface area contributed by atoms with Crippen LogP contribution in [0.5, 0.6) is 5.75 Å². The molecule has 0 radical (unpaired) electrons. The second kappa shape index (κ2) is 11.1. The lowest BCUT2D eigenvalue weighted by Crippen LogP contribution is -2.34. The normalized spacial score (nSPS) is 15.0. The van der Waals surface area contributed by atoms with Gasteiger partial charge < -0.3 is 20.1 Å². The number of fused-ring (bicyclic) bond motifs is 1. The van der Waals surface area contributed by atoms with Crippen molar-refractivity contribution in [2.24, 2.45) is 0 Å². The summed E-state index contributed by atoms with van der Waals surface area (Å²) in [4.78, 5) is 17.7. The summed E-state index contributed by atoms with van der Waals surface area (Å²) in [6.45, 7) is 0.803. The van der Waals surface area contributed by atoms with E-state index >= 15 is 0 Å². The SMILES string of the molecule is COCCOc1cc2nccc(SC3=CCC(NC(=O)Nc4ccccc4)S3)c2cc1C#N. The molecule has 7 nitrogen and oxygen atoms in total. The van der Waals surface area contributed by atoms with Crippen molar-refractivity contribution < 1.29 is 14.3 Å². The Hall–Kier alpha value is -3.19. The summed E-state index contributed by atoms with van der Waals surface area (Å²) in [5.74, 6) is 0.500. The molecule has 4 rings (SSSR count). The highest BCUT2D eigenvalue weighted by molar-refractivity contribution is 8.22. The summed E-state index contributed by atoms with van der Waals surface area (Å²) >= 11 is 3.21. The van der Waals surface area contributed by atoms with Gasteiger partial charge in [-0.25, -0.2) is 4.79 Å². The monoisotopic (exact) mass is 478 g/mol. The van der Waals surface area contributed by atoms with Gasteiger partial charge in [0.15, 0.2) is 0 Å². The van der Waals surface area contributed by atoms with Gasteiger partial charge in [0.2, 0.25) is 0 Å². The number of rotatable bonds is 8. The van der Waals surface area contributed by atoms with E-state index < -0.39 is 0 Å². The zero-order valence-corrected chi connectivity index (χ0v) is 19.5. The van der Waals surface area contributed by atoms with Gasteiger partial charge in [-0.1, -0.05) is 47.8 Å². The van der Waals surface area contributed by atoms with Crippen molar-refractivity contribution >= 4 is 46.1 Å². The minimum absolute atomic E-state index is 0.0419. The molecular formula is C24H22N4O3S2. The number of thioether (sulfide) groups is 2. The number of ether oxygens (including phenoxy) is 2. The lowest BCUT2D eigenvalue weighted by molar-refractivity contribution is 0.146. The van der Waals surface area contributed by atoms with Gasteiger partial charge in [0, 0.05) is 39.6 Å². The minimum atomic E-state index is -0.229. The Morgan fingerprint density at radius 3 is 2.91 bits per heavy atom. The van der Waals surface area contributed by atoms with Crippen molar-refractivity contribution in [2.45, 2.75) is 16.7 Å². The summed E-state index contributed by atoms with van der Waals surface area (Å²) in [7, 11) is 1.60. The number of methoxy groups -OCH3 is 1. The average molecular weight is 479 g/mol. The number of nitriles is 1. The number of urea groups is 1. The average Bonchev–Trinajstić information content (AvgIpc) is 3.26. The van der Waals surface area contributed by atoms with Gasteiger partial charge in [0.1, 0.15) is 18.4 Å². The van der Waals surface area contributed by atoms with E-state index in [4.69, 9.17) is 9.47 Å². The number of aromatic nitrogens is 1. The minimum Gasteiger partial charge on any atom is -0.490 e. The highest BCUT2D eigenvalue weighted by Crippen LogP contribution is 2.44. The molecule has 168 valence electrons. The molecule has 0 spiro atoms. The lowest BCUT2D eigenvalue weighted by atomic mass is 10.1. The Kier molecular flexibility index (Phi) is 7.73. The maximum absolute atomic E-state index is 12.3. The zero-order chi connectivity index (χ0) is 23.0. The molecule has 2 amide bonds. The molecule has 33 heavy (non-hydrogen) atoms. The van der Waals surface area contributed by atoms with Gasteiger partial charge in [-0.2, -0.15) is 5.26 Å². The number of carbonyl (C=O) groups is 1. The van der Waals surface area contributed by atoms with Crippen LogP contribution in [-0.2, 0) is 4.74 Å². The molecule has 1 aliphatic rings. The van der Waals surface area contributed by atoms with Gasteiger partial charge in [0.05, 0.1) is 23.1 Å². The van der Waals surface area contributed by atoms with Crippen LogP contribution >= 0.6 is 23.5 Å². The number of pyridine rings is 1. The van der Waals surface area contributed by atoms with E-state index in [1.165, 1.54) is 0 Å². The van der Waals surface area contributed by atoms with E-state index in [9.17, 15) is 10.1 Å². The predicted molar refractivity (Wildman–Crippen MR) is 132 cm³/mol. The molecule has 2 aromatic carbocycles. The van der Waals surface area contributed by atoms with Crippen LogP contribution in [0.3, 0.4) is 0 Å². The Balaban J connectivity index is 1.41. The third kappa shape index (κ3) is 5.99. The molecule has 1 atom stereocenters. The summed E-state index contributed by atoms with van der Waals surface area (Å²) in [6.07, 6.45) is 4.60. The van der Waals surface area contributed by atoms with E-state index in [2.05, 4.69) is 27.8 Å². The van der Waals surface area contributed by atoms with Crippen LogP contribution in [0.4, 0.5) is 10.5 Å². The number of nitrogens with one attached hydrogen (secondary N) is 2. The fourth-order valence-electron chi connectivity index (χ4n) is 3.22. The van der Waals surface area contributed by atoms with E-state index in [0.29, 0.717) is 24.5 Å². The molecule has 9 heteroatoms. The fourth-order valence-corrected chi connectivity index (χ4v) is 5.66. The van der Waals surface area contributed by atoms with Crippen molar-refractivity contribution in [3.8, 4) is 11.8 Å². The Labute approximate surface area is 200 Å². The Bertz CT molecular complexity index is 1210. The fraction of sp³-hybridized carbons (Fsp3) is 0.208. The first-order chi connectivity index (χ1) is 16.2. The topological polar surface area (TPSA) is 96.3 Å². The molecular weight excluding hydrogens is 456 g/mol. The number of nitrogens with zero attached hydrogens (tertiary/aromatic N) is 2. The molecule has 1 aromatic heterocycles. The zero-order valence-electron chi connectivity index (χ0n) is 17.9. The number of anilines is 1. The summed E-state index contributed by atoms with van der Waals surface area (Å²) in [5.41, 5.74) is 1.97. The number of para-hydroxylation sites is 1. The molecule has 0 aliphatic carbocycles. The number of hydrogen-bond donors (Lipinski definition) is 2. The number of benzene rings is 2. The van der Waals surface area contributed by atoms with Crippen molar-refractivity contribution in [1.82, 2.24) is 10.3 Å². The van der Waals surface area contributed by atoms with Crippen LogP contribution in [0.15, 0.2) is 69.9 Å². The van der Waals surface area contributed by atoms with Crippen LogP contribution in [0.2, 0.25) is 0 Å². The first-order valence-corrected chi connectivity index (χ1v) is 12.0. The van der Waals surface area contributed by atoms with Crippen LogP contribution in [-0.4, -0.2) is 36.7 Å². The van der Waals surface area contributed by atoms with Crippen LogP contribution < -0.4 is 15.4 Å². The number of carbonyl (C=O) groups excluding carboxylic acids is 1. The smallest absolute Gasteiger partial charge is 0.320 e. The second-order valence-corrected chi connectivity index (χ2v) is 9.65. The van der Waals surface area contributed by atoms with Gasteiger partial charge in [-0.05, 0) is 30.7 Å². The first kappa shape index (κ1) is 23.0.